The third-order valence-electron chi connectivity index (χ3n) is 2.14. The standard InChI is InChI=1S/C8H9BrN2/c9-8-7(10)6-3-1-2-5(6)4-11-8/h4H,1-3,10H2. The topological polar surface area (TPSA) is 38.9 Å². The highest BCUT2D eigenvalue weighted by Crippen LogP contribution is 2.30. The van der Waals surface area contributed by atoms with Gasteiger partial charge in [-0.05, 0) is 46.3 Å². The van der Waals surface area contributed by atoms with Gasteiger partial charge in [-0.25, -0.2) is 4.98 Å². The van der Waals surface area contributed by atoms with Crippen LogP contribution in [0.1, 0.15) is 17.5 Å². The van der Waals surface area contributed by atoms with Gasteiger partial charge < -0.3 is 5.73 Å². The van der Waals surface area contributed by atoms with E-state index in [0.29, 0.717) is 0 Å². The average molecular weight is 213 g/mol. The van der Waals surface area contributed by atoms with Crippen molar-refractivity contribution in [3.63, 3.8) is 0 Å². The van der Waals surface area contributed by atoms with Gasteiger partial charge in [0.25, 0.3) is 0 Å². The molecule has 1 heterocycles. The normalized spacial score (nSPS) is 15.0. The minimum Gasteiger partial charge on any atom is -0.396 e. The number of nitrogen functional groups attached to an aromatic ring is 1. The molecule has 1 aliphatic carbocycles. The number of rotatable bonds is 0. The number of halogens is 1. The number of nitrogens with two attached hydrogens (primary N) is 1. The Morgan fingerprint density at radius 3 is 3.09 bits per heavy atom. The van der Waals surface area contributed by atoms with Crippen LogP contribution in [0.15, 0.2) is 10.8 Å². The molecule has 0 saturated carbocycles. The molecule has 1 aliphatic rings. The summed E-state index contributed by atoms with van der Waals surface area (Å²) in [4.78, 5) is 4.14. The molecule has 0 saturated heterocycles. The predicted octanol–water partition coefficient (Wildman–Crippen LogP) is 1.92. The highest BCUT2D eigenvalue weighted by Gasteiger charge is 2.15. The maximum absolute atomic E-state index is 5.82. The molecule has 1 aromatic heterocycles. The summed E-state index contributed by atoms with van der Waals surface area (Å²) in [5.74, 6) is 0. The molecule has 0 fully saturated rings. The summed E-state index contributed by atoms with van der Waals surface area (Å²) in [6.07, 6.45) is 5.39. The van der Waals surface area contributed by atoms with Crippen molar-refractivity contribution in [1.29, 1.82) is 0 Å². The largest absolute Gasteiger partial charge is 0.396 e. The van der Waals surface area contributed by atoms with E-state index in [0.717, 1.165) is 23.1 Å². The second-order valence-electron chi connectivity index (χ2n) is 2.82. The minimum absolute atomic E-state index is 0.790. The summed E-state index contributed by atoms with van der Waals surface area (Å²) >= 11 is 3.31. The Labute approximate surface area is 73.9 Å². The van der Waals surface area contributed by atoms with E-state index in [1.807, 2.05) is 6.20 Å². The number of fused-ring (bicyclic) bond motifs is 1. The zero-order valence-corrected chi connectivity index (χ0v) is 7.69. The van der Waals surface area contributed by atoms with Gasteiger partial charge in [0.1, 0.15) is 4.60 Å². The summed E-state index contributed by atoms with van der Waals surface area (Å²) in [5, 5.41) is 0. The summed E-state index contributed by atoms with van der Waals surface area (Å²) in [6.45, 7) is 0. The SMILES string of the molecule is Nc1c(Br)ncc2c1CCC2. The lowest BCUT2D eigenvalue weighted by molar-refractivity contribution is 0.911. The zero-order valence-electron chi connectivity index (χ0n) is 6.10. The minimum atomic E-state index is 0.790. The van der Waals surface area contributed by atoms with Gasteiger partial charge in [-0.1, -0.05) is 0 Å². The average Bonchev–Trinajstić information content (AvgIpc) is 2.45. The van der Waals surface area contributed by atoms with Crippen LogP contribution in [0.2, 0.25) is 0 Å². The van der Waals surface area contributed by atoms with Gasteiger partial charge in [0.2, 0.25) is 0 Å². The molecule has 58 valence electrons. The molecule has 0 aliphatic heterocycles. The Balaban J connectivity index is 2.62. The van der Waals surface area contributed by atoms with Crippen molar-refractivity contribution in [1.82, 2.24) is 4.98 Å². The molecular weight excluding hydrogens is 204 g/mol. The van der Waals surface area contributed by atoms with E-state index in [2.05, 4.69) is 20.9 Å². The van der Waals surface area contributed by atoms with Crippen LogP contribution in [0.4, 0.5) is 5.69 Å². The third-order valence-corrected chi connectivity index (χ3v) is 2.77. The molecule has 0 radical (unpaired) electrons. The second-order valence-corrected chi connectivity index (χ2v) is 3.57. The number of nitrogens with zero attached hydrogens (tertiary/aromatic N) is 1. The van der Waals surface area contributed by atoms with Crippen molar-refractivity contribution in [2.75, 3.05) is 5.73 Å². The lowest BCUT2D eigenvalue weighted by Crippen LogP contribution is -1.96. The Kier molecular flexibility index (Phi) is 1.60. The molecule has 0 bridgehead atoms. The first kappa shape index (κ1) is 7.10. The molecule has 2 N–H and O–H groups in total. The molecule has 0 amide bonds. The number of aryl methyl sites for hydroxylation is 1. The first-order valence-electron chi connectivity index (χ1n) is 3.71. The van der Waals surface area contributed by atoms with Gasteiger partial charge in [0.05, 0.1) is 5.69 Å². The van der Waals surface area contributed by atoms with Gasteiger partial charge >= 0.3 is 0 Å². The quantitative estimate of drug-likeness (QED) is 0.668. The number of hydrogen-bond acceptors (Lipinski definition) is 2. The molecule has 3 heteroatoms. The van der Waals surface area contributed by atoms with E-state index >= 15 is 0 Å². The molecule has 2 nitrogen and oxygen atoms in total. The van der Waals surface area contributed by atoms with E-state index in [-0.39, 0.29) is 0 Å². The maximum atomic E-state index is 5.82. The molecule has 0 atom stereocenters. The molecular formula is C8H9BrN2. The molecule has 2 rings (SSSR count). The smallest absolute Gasteiger partial charge is 0.129 e. The van der Waals surface area contributed by atoms with E-state index in [9.17, 15) is 0 Å². The van der Waals surface area contributed by atoms with Crippen molar-refractivity contribution in [2.45, 2.75) is 19.3 Å². The monoisotopic (exact) mass is 212 g/mol. The first-order valence-corrected chi connectivity index (χ1v) is 4.50. The van der Waals surface area contributed by atoms with Crippen LogP contribution in [0, 0.1) is 0 Å². The van der Waals surface area contributed by atoms with Gasteiger partial charge in [0, 0.05) is 6.20 Å². The van der Waals surface area contributed by atoms with Crippen LogP contribution in [0.5, 0.6) is 0 Å². The maximum Gasteiger partial charge on any atom is 0.129 e. The van der Waals surface area contributed by atoms with Crippen LogP contribution in [-0.4, -0.2) is 4.98 Å². The van der Waals surface area contributed by atoms with Crippen LogP contribution in [0.25, 0.3) is 0 Å². The highest BCUT2D eigenvalue weighted by molar-refractivity contribution is 9.10. The third kappa shape index (κ3) is 1.03. The Morgan fingerprint density at radius 1 is 1.45 bits per heavy atom. The van der Waals surface area contributed by atoms with Gasteiger partial charge in [0.15, 0.2) is 0 Å². The molecule has 0 spiro atoms. The predicted molar refractivity (Wildman–Crippen MR) is 48.4 cm³/mol. The van der Waals surface area contributed by atoms with Crippen LogP contribution >= 0.6 is 15.9 Å². The van der Waals surface area contributed by atoms with Gasteiger partial charge in [-0.3, -0.25) is 0 Å². The molecule has 0 aromatic carbocycles. The van der Waals surface area contributed by atoms with Crippen molar-refractivity contribution in [2.24, 2.45) is 0 Å². The second kappa shape index (κ2) is 2.48. The fraction of sp³-hybridized carbons (Fsp3) is 0.375. The Bertz CT molecular complexity index is 296. The number of pyridine rings is 1. The molecule has 1 aromatic rings. The van der Waals surface area contributed by atoms with E-state index in [1.54, 1.807) is 0 Å². The summed E-state index contributed by atoms with van der Waals surface area (Å²) in [7, 11) is 0. The van der Waals surface area contributed by atoms with E-state index in [4.69, 9.17) is 5.73 Å². The Hall–Kier alpha value is -0.570. The fourth-order valence-corrected chi connectivity index (χ4v) is 1.89. The van der Waals surface area contributed by atoms with E-state index in [1.165, 1.54) is 17.5 Å². The molecule has 0 unspecified atom stereocenters. The van der Waals surface area contributed by atoms with Crippen molar-refractivity contribution in [3.05, 3.63) is 21.9 Å². The lowest BCUT2D eigenvalue weighted by atomic mass is 10.1. The number of hydrogen-bond donors (Lipinski definition) is 1. The van der Waals surface area contributed by atoms with Crippen LogP contribution in [-0.2, 0) is 12.8 Å². The first-order chi connectivity index (χ1) is 5.29. The molecule has 11 heavy (non-hydrogen) atoms. The van der Waals surface area contributed by atoms with Crippen molar-refractivity contribution >= 4 is 21.6 Å². The highest BCUT2D eigenvalue weighted by atomic mass is 79.9. The zero-order chi connectivity index (χ0) is 7.84. The van der Waals surface area contributed by atoms with Crippen LogP contribution < -0.4 is 5.73 Å². The van der Waals surface area contributed by atoms with Gasteiger partial charge in [-0.15, -0.1) is 0 Å². The van der Waals surface area contributed by atoms with Crippen molar-refractivity contribution in [3.8, 4) is 0 Å². The number of anilines is 1. The number of aromatic nitrogens is 1. The Morgan fingerprint density at radius 2 is 2.27 bits per heavy atom. The summed E-state index contributed by atoms with van der Waals surface area (Å²) in [5.41, 5.74) is 9.28. The van der Waals surface area contributed by atoms with Gasteiger partial charge in [-0.2, -0.15) is 0 Å². The summed E-state index contributed by atoms with van der Waals surface area (Å²) < 4.78 is 0.790. The fourth-order valence-electron chi connectivity index (χ4n) is 1.55. The van der Waals surface area contributed by atoms with E-state index < -0.39 is 0 Å². The van der Waals surface area contributed by atoms with Crippen molar-refractivity contribution < 1.29 is 0 Å². The lowest BCUT2D eigenvalue weighted by Gasteiger charge is -2.03. The van der Waals surface area contributed by atoms with Crippen LogP contribution in [0.3, 0.4) is 0 Å². The summed E-state index contributed by atoms with van der Waals surface area (Å²) in [6, 6.07) is 0.